The highest BCUT2D eigenvalue weighted by atomic mass is 16.5. The molecule has 5 heteroatoms. The first-order valence-electron chi connectivity index (χ1n) is 6.46. The van der Waals surface area contributed by atoms with Crippen LogP contribution in [0.4, 0.5) is 0 Å². The molecule has 0 saturated carbocycles. The van der Waals surface area contributed by atoms with Gasteiger partial charge < -0.3 is 20.1 Å². The van der Waals surface area contributed by atoms with Crippen molar-refractivity contribution in [3.8, 4) is 0 Å². The number of likely N-dealkylation sites (tertiary alicyclic amines) is 1. The number of nitrogens with zero attached hydrogens (tertiary/aromatic N) is 1. The summed E-state index contributed by atoms with van der Waals surface area (Å²) in [6.45, 7) is 2.94. The number of hydrogen-bond acceptors (Lipinski definition) is 4. The third-order valence-corrected chi connectivity index (χ3v) is 3.81. The van der Waals surface area contributed by atoms with Gasteiger partial charge in [0, 0.05) is 19.1 Å². The van der Waals surface area contributed by atoms with Gasteiger partial charge in [0.05, 0.1) is 6.10 Å². The lowest BCUT2D eigenvalue weighted by Gasteiger charge is -2.21. The minimum absolute atomic E-state index is 0.0720. The van der Waals surface area contributed by atoms with Gasteiger partial charge in [0.2, 0.25) is 0 Å². The molecule has 2 fully saturated rings. The minimum atomic E-state index is -0.831. The van der Waals surface area contributed by atoms with E-state index in [1.165, 1.54) is 19.4 Å². The van der Waals surface area contributed by atoms with Crippen molar-refractivity contribution in [3.05, 3.63) is 0 Å². The monoisotopic (exact) mass is 242 g/mol. The van der Waals surface area contributed by atoms with Crippen LogP contribution in [0.25, 0.3) is 0 Å². The predicted octanol–water partition coefficient (Wildman–Crippen LogP) is 0.302. The molecule has 2 rings (SSSR count). The first-order chi connectivity index (χ1) is 8.16. The van der Waals surface area contributed by atoms with E-state index in [0.717, 1.165) is 19.5 Å². The Labute approximate surface area is 102 Å². The second kappa shape index (κ2) is 5.80. The highest BCUT2D eigenvalue weighted by Crippen LogP contribution is 2.19. The van der Waals surface area contributed by atoms with Gasteiger partial charge in [-0.3, -0.25) is 0 Å². The highest BCUT2D eigenvalue weighted by Gasteiger charge is 2.30. The third-order valence-electron chi connectivity index (χ3n) is 3.81. The van der Waals surface area contributed by atoms with Crippen LogP contribution in [0.3, 0.4) is 0 Å². The lowest BCUT2D eigenvalue weighted by molar-refractivity contribution is -0.149. The van der Waals surface area contributed by atoms with Crippen molar-refractivity contribution in [2.75, 3.05) is 26.7 Å². The van der Waals surface area contributed by atoms with Crippen LogP contribution in [-0.2, 0) is 9.53 Å². The molecule has 2 aliphatic rings. The van der Waals surface area contributed by atoms with Crippen LogP contribution in [0.1, 0.15) is 25.7 Å². The van der Waals surface area contributed by atoms with E-state index in [2.05, 4.69) is 17.3 Å². The van der Waals surface area contributed by atoms with Crippen molar-refractivity contribution >= 4 is 5.97 Å². The molecule has 5 nitrogen and oxygen atoms in total. The Balaban J connectivity index is 1.61. The average Bonchev–Trinajstić information content (AvgIpc) is 2.89. The van der Waals surface area contributed by atoms with Crippen molar-refractivity contribution in [2.45, 2.75) is 43.9 Å². The smallest absolute Gasteiger partial charge is 0.332 e. The van der Waals surface area contributed by atoms with E-state index in [1.807, 2.05) is 0 Å². The molecule has 3 unspecified atom stereocenters. The number of carboxylic acids is 1. The van der Waals surface area contributed by atoms with Gasteiger partial charge in [-0.2, -0.15) is 0 Å². The van der Waals surface area contributed by atoms with Gasteiger partial charge in [-0.1, -0.05) is 0 Å². The molecule has 3 atom stereocenters. The van der Waals surface area contributed by atoms with Gasteiger partial charge >= 0.3 is 5.97 Å². The fraction of sp³-hybridized carbons (Fsp3) is 0.917. The Bertz CT molecular complexity index is 272. The van der Waals surface area contributed by atoms with Crippen LogP contribution in [0.2, 0.25) is 0 Å². The van der Waals surface area contributed by atoms with Crippen molar-refractivity contribution < 1.29 is 14.6 Å². The van der Waals surface area contributed by atoms with E-state index in [9.17, 15) is 4.79 Å². The molecule has 0 amide bonds. The summed E-state index contributed by atoms with van der Waals surface area (Å²) in [4.78, 5) is 13.1. The zero-order valence-electron chi connectivity index (χ0n) is 10.4. The zero-order valence-corrected chi connectivity index (χ0v) is 10.4. The van der Waals surface area contributed by atoms with Crippen LogP contribution < -0.4 is 5.32 Å². The molecule has 0 aromatic rings. The van der Waals surface area contributed by atoms with E-state index in [4.69, 9.17) is 9.84 Å². The zero-order chi connectivity index (χ0) is 12.3. The SMILES string of the molecule is CN1CCCC1CNCC1CCC(C(=O)O)O1. The fourth-order valence-corrected chi connectivity index (χ4v) is 2.69. The summed E-state index contributed by atoms with van der Waals surface area (Å²) < 4.78 is 5.44. The van der Waals surface area contributed by atoms with Gasteiger partial charge in [0.15, 0.2) is 6.10 Å². The van der Waals surface area contributed by atoms with E-state index < -0.39 is 12.1 Å². The van der Waals surface area contributed by atoms with Crippen LogP contribution in [0, 0.1) is 0 Å². The van der Waals surface area contributed by atoms with Crippen LogP contribution in [0.15, 0.2) is 0 Å². The first kappa shape index (κ1) is 12.8. The summed E-state index contributed by atoms with van der Waals surface area (Å²) in [7, 11) is 2.16. The van der Waals surface area contributed by atoms with Gasteiger partial charge in [0.25, 0.3) is 0 Å². The van der Waals surface area contributed by atoms with Crippen LogP contribution in [0.5, 0.6) is 0 Å². The van der Waals surface area contributed by atoms with Crippen molar-refractivity contribution in [3.63, 3.8) is 0 Å². The summed E-state index contributed by atoms with van der Waals surface area (Å²) in [6, 6.07) is 0.631. The molecule has 0 spiro atoms. The van der Waals surface area contributed by atoms with Gasteiger partial charge in [-0.05, 0) is 39.3 Å². The molecular formula is C12H22N2O3. The first-order valence-corrected chi connectivity index (χ1v) is 6.46. The normalized spacial score (nSPS) is 34.3. The quantitative estimate of drug-likeness (QED) is 0.726. The average molecular weight is 242 g/mol. The number of hydrogen-bond donors (Lipinski definition) is 2. The molecule has 0 radical (unpaired) electrons. The van der Waals surface area contributed by atoms with Gasteiger partial charge in [-0.15, -0.1) is 0 Å². The molecule has 2 N–H and O–H groups in total. The maximum absolute atomic E-state index is 10.7. The lowest BCUT2D eigenvalue weighted by Crippen LogP contribution is -2.38. The predicted molar refractivity (Wildman–Crippen MR) is 64.1 cm³/mol. The molecule has 0 aliphatic carbocycles. The summed E-state index contributed by atoms with van der Waals surface area (Å²) in [5.74, 6) is -0.831. The summed E-state index contributed by atoms with van der Waals surface area (Å²) in [6.07, 6.45) is 3.52. The van der Waals surface area contributed by atoms with Crippen molar-refractivity contribution in [1.82, 2.24) is 10.2 Å². The lowest BCUT2D eigenvalue weighted by atomic mass is 10.2. The summed E-state index contributed by atoms with van der Waals surface area (Å²) in [5, 5.41) is 12.2. The van der Waals surface area contributed by atoms with E-state index >= 15 is 0 Å². The minimum Gasteiger partial charge on any atom is -0.479 e. The number of rotatable bonds is 5. The Morgan fingerprint density at radius 1 is 1.41 bits per heavy atom. The summed E-state index contributed by atoms with van der Waals surface area (Å²) in [5.41, 5.74) is 0. The number of likely N-dealkylation sites (N-methyl/N-ethyl adjacent to an activating group) is 1. The number of carboxylic acid groups (broad SMARTS) is 1. The molecule has 2 aliphatic heterocycles. The largest absolute Gasteiger partial charge is 0.479 e. The highest BCUT2D eigenvalue weighted by molar-refractivity contribution is 5.72. The van der Waals surface area contributed by atoms with Gasteiger partial charge in [-0.25, -0.2) is 4.79 Å². The number of carbonyl (C=O) groups is 1. The molecule has 98 valence electrons. The van der Waals surface area contributed by atoms with Crippen LogP contribution in [-0.4, -0.2) is 60.9 Å². The van der Waals surface area contributed by atoms with E-state index in [-0.39, 0.29) is 6.10 Å². The van der Waals surface area contributed by atoms with Crippen molar-refractivity contribution in [2.24, 2.45) is 0 Å². The Morgan fingerprint density at radius 3 is 2.82 bits per heavy atom. The second-order valence-corrected chi connectivity index (χ2v) is 5.10. The molecule has 0 aromatic heterocycles. The molecular weight excluding hydrogens is 220 g/mol. The molecule has 2 saturated heterocycles. The maximum Gasteiger partial charge on any atom is 0.332 e. The van der Waals surface area contributed by atoms with Gasteiger partial charge in [0.1, 0.15) is 0 Å². The molecule has 0 aromatic carbocycles. The van der Waals surface area contributed by atoms with Crippen molar-refractivity contribution in [1.29, 1.82) is 0 Å². The molecule has 17 heavy (non-hydrogen) atoms. The Morgan fingerprint density at radius 2 is 2.24 bits per heavy atom. The van der Waals surface area contributed by atoms with Crippen LogP contribution >= 0.6 is 0 Å². The third kappa shape index (κ3) is 3.40. The topological polar surface area (TPSA) is 61.8 Å². The standard InChI is InChI=1S/C12H22N2O3/c1-14-6-2-3-9(14)7-13-8-10-4-5-11(17-10)12(15)16/h9-11,13H,2-8H2,1H3,(H,15,16). The molecule has 0 bridgehead atoms. The molecule has 2 heterocycles. The number of aliphatic carboxylic acids is 1. The van der Waals surface area contributed by atoms with E-state index in [1.54, 1.807) is 0 Å². The maximum atomic E-state index is 10.7. The summed E-state index contributed by atoms with van der Waals surface area (Å²) >= 11 is 0. The van der Waals surface area contributed by atoms with E-state index in [0.29, 0.717) is 12.5 Å². The number of ether oxygens (including phenoxy) is 1. The Hall–Kier alpha value is -0.650. The Kier molecular flexibility index (Phi) is 4.36. The second-order valence-electron chi connectivity index (χ2n) is 5.10. The number of nitrogens with one attached hydrogen (secondary N) is 1. The fourth-order valence-electron chi connectivity index (χ4n) is 2.69.